The first kappa shape index (κ1) is 20.2. The standard InChI is InChI=1S/C17H16ClN3O6S/c18-15-6-1-12(11-16(15)28(25,26)20-7-9-27-10-8-20)17(22)19-13-2-4-14(5-3-13)21(23)24/h1-6,11H,7-10H2,(H,19,22). The first-order chi connectivity index (χ1) is 13.3. The Labute approximate surface area is 166 Å². The van der Waals surface area contributed by atoms with Gasteiger partial charge in [0.15, 0.2) is 0 Å². The van der Waals surface area contributed by atoms with Crippen LogP contribution in [0.15, 0.2) is 47.4 Å². The highest BCUT2D eigenvalue weighted by Crippen LogP contribution is 2.27. The number of nitrogens with one attached hydrogen (secondary N) is 1. The number of nitro groups is 1. The van der Waals surface area contributed by atoms with Gasteiger partial charge < -0.3 is 10.1 Å². The average molecular weight is 426 g/mol. The molecule has 1 aliphatic rings. The number of hydrogen-bond donors (Lipinski definition) is 1. The summed E-state index contributed by atoms with van der Waals surface area (Å²) in [5.74, 6) is -0.566. The Morgan fingerprint density at radius 1 is 1.14 bits per heavy atom. The highest BCUT2D eigenvalue weighted by molar-refractivity contribution is 7.89. The van der Waals surface area contributed by atoms with E-state index >= 15 is 0 Å². The Balaban J connectivity index is 1.83. The van der Waals surface area contributed by atoms with Crippen LogP contribution in [-0.2, 0) is 14.8 Å². The fraction of sp³-hybridized carbons (Fsp3) is 0.235. The number of anilines is 1. The number of halogens is 1. The monoisotopic (exact) mass is 425 g/mol. The van der Waals surface area contributed by atoms with Crippen LogP contribution in [0.1, 0.15) is 10.4 Å². The minimum absolute atomic E-state index is 0.0124. The fourth-order valence-electron chi connectivity index (χ4n) is 2.64. The van der Waals surface area contributed by atoms with Gasteiger partial charge in [-0.05, 0) is 30.3 Å². The third-order valence-corrected chi connectivity index (χ3v) is 6.50. The smallest absolute Gasteiger partial charge is 0.269 e. The van der Waals surface area contributed by atoms with E-state index < -0.39 is 20.9 Å². The SMILES string of the molecule is O=C(Nc1ccc([N+](=O)[O-])cc1)c1ccc(Cl)c(S(=O)(=O)N2CCOCC2)c1. The molecule has 0 aromatic heterocycles. The summed E-state index contributed by atoms with van der Waals surface area (Å²) in [5, 5.41) is 13.3. The maximum atomic E-state index is 12.8. The number of amides is 1. The minimum atomic E-state index is -3.87. The molecule has 2 aromatic rings. The Morgan fingerprint density at radius 2 is 1.79 bits per heavy atom. The lowest BCUT2D eigenvalue weighted by Crippen LogP contribution is -2.40. The van der Waals surface area contributed by atoms with Crippen molar-refractivity contribution in [3.05, 3.63) is 63.2 Å². The maximum absolute atomic E-state index is 12.8. The van der Waals surface area contributed by atoms with Crippen LogP contribution in [-0.4, -0.2) is 49.9 Å². The largest absolute Gasteiger partial charge is 0.379 e. The van der Waals surface area contributed by atoms with Crippen LogP contribution >= 0.6 is 11.6 Å². The number of ether oxygens (including phenoxy) is 1. The molecule has 0 saturated carbocycles. The Kier molecular flexibility index (Phi) is 5.94. The predicted molar refractivity (Wildman–Crippen MR) is 102 cm³/mol. The van der Waals surface area contributed by atoms with E-state index in [0.29, 0.717) is 5.69 Å². The number of carbonyl (C=O) groups is 1. The van der Waals surface area contributed by atoms with E-state index in [-0.39, 0.29) is 47.5 Å². The lowest BCUT2D eigenvalue weighted by atomic mass is 10.2. The molecule has 11 heteroatoms. The highest BCUT2D eigenvalue weighted by Gasteiger charge is 2.29. The number of benzene rings is 2. The zero-order chi connectivity index (χ0) is 20.3. The van der Waals surface area contributed by atoms with Gasteiger partial charge >= 0.3 is 0 Å². The summed E-state index contributed by atoms with van der Waals surface area (Å²) in [6, 6.07) is 9.25. The molecule has 0 radical (unpaired) electrons. The minimum Gasteiger partial charge on any atom is -0.379 e. The second-order valence-corrected chi connectivity index (χ2v) is 8.23. The second kappa shape index (κ2) is 8.23. The normalized spacial score (nSPS) is 15.2. The number of hydrogen-bond acceptors (Lipinski definition) is 6. The molecule has 0 aliphatic carbocycles. The number of morpholine rings is 1. The van der Waals surface area contributed by atoms with Crippen LogP contribution < -0.4 is 5.32 Å². The van der Waals surface area contributed by atoms with Gasteiger partial charge in [0.05, 0.1) is 23.2 Å². The van der Waals surface area contributed by atoms with E-state index in [4.69, 9.17) is 16.3 Å². The molecule has 1 fully saturated rings. The summed E-state index contributed by atoms with van der Waals surface area (Å²) >= 11 is 6.08. The summed E-state index contributed by atoms with van der Waals surface area (Å²) in [5.41, 5.74) is 0.320. The van der Waals surface area contributed by atoms with Gasteiger partial charge in [-0.25, -0.2) is 8.42 Å². The third-order valence-electron chi connectivity index (χ3n) is 4.12. The molecular weight excluding hydrogens is 410 g/mol. The molecule has 0 atom stereocenters. The van der Waals surface area contributed by atoms with Crippen LogP contribution in [0.3, 0.4) is 0 Å². The van der Waals surface area contributed by atoms with Gasteiger partial charge in [-0.1, -0.05) is 11.6 Å². The number of sulfonamides is 1. The number of non-ortho nitro benzene ring substituents is 1. The number of rotatable bonds is 5. The molecule has 28 heavy (non-hydrogen) atoms. The molecule has 1 N–H and O–H groups in total. The van der Waals surface area contributed by atoms with Crippen LogP contribution in [0.5, 0.6) is 0 Å². The molecule has 0 unspecified atom stereocenters. The Hall–Kier alpha value is -2.53. The lowest BCUT2D eigenvalue weighted by molar-refractivity contribution is -0.384. The van der Waals surface area contributed by atoms with Gasteiger partial charge in [-0.15, -0.1) is 0 Å². The molecule has 3 rings (SSSR count). The summed E-state index contributed by atoms with van der Waals surface area (Å²) < 4.78 is 32.1. The molecule has 1 aliphatic heterocycles. The quantitative estimate of drug-likeness (QED) is 0.580. The van der Waals surface area contributed by atoms with Crippen LogP contribution in [0.4, 0.5) is 11.4 Å². The predicted octanol–water partition coefficient (Wildman–Crippen LogP) is 2.52. The first-order valence-corrected chi connectivity index (χ1v) is 10.0. The van der Waals surface area contributed by atoms with Gasteiger partial charge in [-0.2, -0.15) is 4.31 Å². The van der Waals surface area contributed by atoms with Crippen LogP contribution in [0, 0.1) is 10.1 Å². The molecule has 1 saturated heterocycles. The summed E-state index contributed by atoms with van der Waals surface area (Å²) in [6.45, 7) is 0.990. The number of nitro benzene ring substituents is 1. The van der Waals surface area contributed by atoms with E-state index in [1.807, 2.05) is 0 Å². The number of carbonyl (C=O) groups excluding carboxylic acids is 1. The van der Waals surface area contributed by atoms with Crippen molar-refractivity contribution in [2.75, 3.05) is 31.6 Å². The zero-order valence-electron chi connectivity index (χ0n) is 14.5. The van der Waals surface area contributed by atoms with Crippen molar-refractivity contribution in [3.63, 3.8) is 0 Å². The van der Waals surface area contributed by atoms with Crippen molar-refractivity contribution in [1.29, 1.82) is 0 Å². The van der Waals surface area contributed by atoms with E-state index in [1.165, 1.54) is 46.8 Å². The first-order valence-electron chi connectivity index (χ1n) is 8.22. The van der Waals surface area contributed by atoms with Gasteiger partial charge in [0, 0.05) is 36.5 Å². The van der Waals surface area contributed by atoms with Crippen LogP contribution in [0.25, 0.3) is 0 Å². The van der Waals surface area contributed by atoms with Crippen LogP contribution in [0.2, 0.25) is 5.02 Å². The third kappa shape index (κ3) is 4.30. The summed E-state index contributed by atoms with van der Waals surface area (Å²) in [7, 11) is -3.87. The average Bonchev–Trinajstić information content (AvgIpc) is 2.69. The molecule has 1 amide bonds. The molecule has 0 bridgehead atoms. The van der Waals surface area contributed by atoms with Gasteiger partial charge in [0.25, 0.3) is 11.6 Å². The summed E-state index contributed by atoms with van der Waals surface area (Å²) in [6.07, 6.45) is 0. The molecule has 148 valence electrons. The van der Waals surface area contributed by atoms with E-state index in [9.17, 15) is 23.3 Å². The molecule has 9 nitrogen and oxygen atoms in total. The van der Waals surface area contributed by atoms with E-state index in [0.717, 1.165) is 0 Å². The summed E-state index contributed by atoms with van der Waals surface area (Å²) in [4.78, 5) is 22.5. The fourth-order valence-corrected chi connectivity index (χ4v) is 4.55. The van der Waals surface area contributed by atoms with Crippen molar-refractivity contribution in [2.45, 2.75) is 4.90 Å². The van der Waals surface area contributed by atoms with E-state index in [1.54, 1.807) is 0 Å². The Morgan fingerprint density at radius 3 is 2.39 bits per heavy atom. The van der Waals surface area contributed by atoms with Crippen molar-refractivity contribution >= 4 is 38.9 Å². The maximum Gasteiger partial charge on any atom is 0.269 e. The second-order valence-electron chi connectivity index (χ2n) is 5.92. The van der Waals surface area contributed by atoms with Crippen molar-refractivity contribution in [1.82, 2.24) is 4.31 Å². The topological polar surface area (TPSA) is 119 Å². The van der Waals surface area contributed by atoms with Gasteiger partial charge in [0.2, 0.25) is 10.0 Å². The van der Waals surface area contributed by atoms with Crippen molar-refractivity contribution in [3.8, 4) is 0 Å². The van der Waals surface area contributed by atoms with Gasteiger partial charge in [-0.3, -0.25) is 14.9 Å². The molecule has 2 aromatic carbocycles. The Bertz CT molecular complexity index is 1000. The highest BCUT2D eigenvalue weighted by atomic mass is 35.5. The van der Waals surface area contributed by atoms with Crippen molar-refractivity contribution < 1.29 is 22.9 Å². The molecule has 0 spiro atoms. The molecule has 1 heterocycles. The lowest BCUT2D eigenvalue weighted by Gasteiger charge is -2.26. The zero-order valence-corrected chi connectivity index (χ0v) is 16.1. The van der Waals surface area contributed by atoms with Gasteiger partial charge in [0.1, 0.15) is 4.90 Å². The number of nitrogens with zero attached hydrogens (tertiary/aromatic N) is 2. The van der Waals surface area contributed by atoms with Crippen molar-refractivity contribution in [2.24, 2.45) is 0 Å². The van der Waals surface area contributed by atoms with E-state index in [2.05, 4.69) is 5.32 Å². The molecular formula is C17H16ClN3O6S.